The molecule has 0 bridgehead atoms. The minimum absolute atomic E-state index is 0.234. The quantitative estimate of drug-likeness (QED) is 0.755. The Labute approximate surface area is 85.0 Å². The lowest BCUT2D eigenvalue weighted by molar-refractivity contribution is 0.528. The predicted molar refractivity (Wildman–Crippen MR) is 58.1 cm³/mol. The Hall–Kier alpha value is -1.16. The van der Waals surface area contributed by atoms with Crippen LogP contribution in [0.5, 0.6) is 0 Å². The number of aryl methyl sites for hydroxylation is 1. The van der Waals surface area contributed by atoms with Gasteiger partial charge in [0.1, 0.15) is 0 Å². The summed E-state index contributed by atoms with van der Waals surface area (Å²) in [6.07, 6.45) is 3.59. The fraction of sp³-hybridized carbons (Fsp3) is 0.600. The molecule has 0 amide bonds. The topological polar surface area (TPSA) is 63.8 Å². The van der Waals surface area contributed by atoms with Gasteiger partial charge in [0.2, 0.25) is 5.95 Å². The van der Waals surface area contributed by atoms with Crippen molar-refractivity contribution in [2.45, 2.75) is 26.8 Å². The fourth-order valence-corrected chi connectivity index (χ4v) is 1.13. The van der Waals surface area contributed by atoms with Crippen molar-refractivity contribution in [1.82, 2.24) is 9.97 Å². The fourth-order valence-electron chi connectivity index (χ4n) is 1.13. The van der Waals surface area contributed by atoms with E-state index in [-0.39, 0.29) is 6.04 Å². The van der Waals surface area contributed by atoms with Crippen molar-refractivity contribution < 1.29 is 0 Å². The smallest absolute Gasteiger partial charge is 0.222 e. The van der Waals surface area contributed by atoms with E-state index in [0.717, 1.165) is 5.56 Å². The zero-order valence-corrected chi connectivity index (χ0v) is 8.99. The lowest BCUT2D eigenvalue weighted by atomic mass is 10.1. The largest absolute Gasteiger partial charge is 0.350 e. The van der Waals surface area contributed by atoms with Crippen LogP contribution >= 0.6 is 0 Å². The molecule has 0 radical (unpaired) electrons. The summed E-state index contributed by atoms with van der Waals surface area (Å²) in [7, 11) is 0. The van der Waals surface area contributed by atoms with E-state index in [1.807, 2.05) is 6.92 Å². The minimum Gasteiger partial charge on any atom is -0.350 e. The van der Waals surface area contributed by atoms with Gasteiger partial charge in [-0.15, -0.1) is 0 Å². The maximum Gasteiger partial charge on any atom is 0.222 e. The Kier molecular flexibility index (Phi) is 3.83. The Morgan fingerprint density at radius 3 is 2.36 bits per heavy atom. The summed E-state index contributed by atoms with van der Waals surface area (Å²) in [5, 5.41) is 3.21. The standard InChI is InChI=1S/C10H18N4/c1-7(2)9(4-11)14-10-12-5-8(3)6-13-10/h5-7,9H,4,11H2,1-3H3,(H,12,13,14). The van der Waals surface area contributed by atoms with Gasteiger partial charge in [-0.25, -0.2) is 9.97 Å². The molecule has 1 aromatic heterocycles. The van der Waals surface area contributed by atoms with E-state index in [4.69, 9.17) is 5.73 Å². The summed E-state index contributed by atoms with van der Waals surface area (Å²) in [6, 6.07) is 0.234. The van der Waals surface area contributed by atoms with E-state index in [2.05, 4.69) is 29.1 Å². The molecule has 0 saturated carbocycles. The van der Waals surface area contributed by atoms with Crippen LogP contribution in [-0.2, 0) is 0 Å². The van der Waals surface area contributed by atoms with Crippen molar-refractivity contribution in [3.63, 3.8) is 0 Å². The van der Waals surface area contributed by atoms with Crippen LogP contribution < -0.4 is 11.1 Å². The van der Waals surface area contributed by atoms with Gasteiger partial charge in [0, 0.05) is 25.0 Å². The molecule has 1 unspecified atom stereocenters. The summed E-state index contributed by atoms with van der Waals surface area (Å²) in [5.41, 5.74) is 6.69. The van der Waals surface area contributed by atoms with Crippen LogP contribution in [0.25, 0.3) is 0 Å². The molecule has 1 atom stereocenters. The van der Waals surface area contributed by atoms with Gasteiger partial charge in [-0.1, -0.05) is 13.8 Å². The molecule has 14 heavy (non-hydrogen) atoms. The van der Waals surface area contributed by atoms with Gasteiger partial charge in [-0.05, 0) is 18.4 Å². The number of anilines is 1. The van der Waals surface area contributed by atoms with Gasteiger partial charge in [-0.2, -0.15) is 0 Å². The first-order valence-corrected chi connectivity index (χ1v) is 4.88. The SMILES string of the molecule is Cc1cnc(NC(CN)C(C)C)nc1. The summed E-state index contributed by atoms with van der Waals surface area (Å²) in [6.45, 7) is 6.80. The van der Waals surface area contributed by atoms with E-state index in [1.54, 1.807) is 12.4 Å². The number of aromatic nitrogens is 2. The molecule has 0 spiro atoms. The van der Waals surface area contributed by atoms with Crippen molar-refractivity contribution in [3.05, 3.63) is 18.0 Å². The van der Waals surface area contributed by atoms with E-state index in [1.165, 1.54) is 0 Å². The zero-order valence-electron chi connectivity index (χ0n) is 8.99. The molecule has 4 nitrogen and oxygen atoms in total. The molecule has 3 N–H and O–H groups in total. The monoisotopic (exact) mass is 194 g/mol. The molecule has 1 aromatic rings. The molecule has 0 aliphatic carbocycles. The molecule has 0 fully saturated rings. The second-order valence-electron chi connectivity index (χ2n) is 3.81. The third-order valence-corrected chi connectivity index (χ3v) is 2.15. The Balaban J connectivity index is 2.63. The van der Waals surface area contributed by atoms with Crippen molar-refractivity contribution in [1.29, 1.82) is 0 Å². The first kappa shape index (κ1) is 10.9. The second-order valence-corrected chi connectivity index (χ2v) is 3.81. The Morgan fingerprint density at radius 1 is 1.36 bits per heavy atom. The van der Waals surface area contributed by atoms with Gasteiger partial charge in [0.15, 0.2) is 0 Å². The number of nitrogens with two attached hydrogens (primary N) is 1. The molecule has 0 saturated heterocycles. The third kappa shape index (κ3) is 2.96. The highest BCUT2D eigenvalue weighted by molar-refractivity contribution is 5.26. The van der Waals surface area contributed by atoms with Gasteiger partial charge in [0.05, 0.1) is 0 Å². The highest BCUT2D eigenvalue weighted by Gasteiger charge is 2.11. The summed E-state index contributed by atoms with van der Waals surface area (Å²) >= 11 is 0. The average Bonchev–Trinajstić information content (AvgIpc) is 2.16. The van der Waals surface area contributed by atoms with Gasteiger partial charge in [-0.3, -0.25) is 0 Å². The van der Waals surface area contributed by atoms with Crippen LogP contribution in [-0.4, -0.2) is 22.6 Å². The second kappa shape index (κ2) is 4.91. The number of nitrogens with zero attached hydrogens (tertiary/aromatic N) is 2. The lowest BCUT2D eigenvalue weighted by Crippen LogP contribution is -2.34. The van der Waals surface area contributed by atoms with Crippen molar-refractivity contribution in [2.75, 3.05) is 11.9 Å². The molecule has 78 valence electrons. The molecular formula is C10H18N4. The maximum absolute atomic E-state index is 5.63. The molecule has 4 heteroatoms. The predicted octanol–water partition coefficient (Wildman–Crippen LogP) is 1.18. The van der Waals surface area contributed by atoms with E-state index >= 15 is 0 Å². The number of hydrogen-bond acceptors (Lipinski definition) is 4. The molecule has 1 rings (SSSR count). The van der Waals surface area contributed by atoms with Crippen LogP contribution in [0.3, 0.4) is 0 Å². The van der Waals surface area contributed by atoms with Crippen LogP contribution in [0, 0.1) is 12.8 Å². The highest BCUT2D eigenvalue weighted by Crippen LogP contribution is 2.06. The minimum atomic E-state index is 0.234. The Morgan fingerprint density at radius 2 is 1.93 bits per heavy atom. The van der Waals surface area contributed by atoms with Crippen molar-refractivity contribution >= 4 is 5.95 Å². The highest BCUT2D eigenvalue weighted by atomic mass is 15.1. The Bertz CT molecular complexity index is 268. The molecule has 0 aliphatic heterocycles. The summed E-state index contributed by atoms with van der Waals surface area (Å²) in [4.78, 5) is 8.34. The van der Waals surface area contributed by atoms with Crippen LogP contribution in [0.2, 0.25) is 0 Å². The number of nitrogens with one attached hydrogen (secondary N) is 1. The number of rotatable bonds is 4. The first-order valence-electron chi connectivity index (χ1n) is 4.88. The van der Waals surface area contributed by atoms with Crippen LogP contribution in [0.15, 0.2) is 12.4 Å². The van der Waals surface area contributed by atoms with E-state index < -0.39 is 0 Å². The van der Waals surface area contributed by atoms with Gasteiger partial charge < -0.3 is 11.1 Å². The van der Waals surface area contributed by atoms with Gasteiger partial charge >= 0.3 is 0 Å². The van der Waals surface area contributed by atoms with Crippen molar-refractivity contribution in [3.8, 4) is 0 Å². The molecular weight excluding hydrogens is 176 g/mol. The van der Waals surface area contributed by atoms with Crippen molar-refractivity contribution in [2.24, 2.45) is 11.7 Å². The average molecular weight is 194 g/mol. The summed E-state index contributed by atoms with van der Waals surface area (Å²) in [5.74, 6) is 1.13. The van der Waals surface area contributed by atoms with Gasteiger partial charge in [0.25, 0.3) is 0 Å². The molecule has 0 aliphatic rings. The third-order valence-electron chi connectivity index (χ3n) is 2.15. The van der Waals surface area contributed by atoms with Crippen LogP contribution in [0.1, 0.15) is 19.4 Å². The lowest BCUT2D eigenvalue weighted by Gasteiger charge is -2.20. The normalized spacial score (nSPS) is 12.9. The van der Waals surface area contributed by atoms with E-state index in [0.29, 0.717) is 18.4 Å². The first-order chi connectivity index (χ1) is 6.63. The van der Waals surface area contributed by atoms with E-state index in [9.17, 15) is 0 Å². The molecule has 1 heterocycles. The molecule has 0 aromatic carbocycles. The number of hydrogen-bond donors (Lipinski definition) is 2. The summed E-state index contributed by atoms with van der Waals surface area (Å²) < 4.78 is 0. The zero-order chi connectivity index (χ0) is 10.6. The maximum atomic E-state index is 5.63. The van der Waals surface area contributed by atoms with Crippen LogP contribution in [0.4, 0.5) is 5.95 Å².